The van der Waals surface area contributed by atoms with Gasteiger partial charge < -0.3 is 9.64 Å². The molecule has 1 aromatic rings. The number of hydrogen-bond donors (Lipinski definition) is 0. The highest BCUT2D eigenvalue weighted by molar-refractivity contribution is 5.83. The molecule has 1 aliphatic carbocycles. The van der Waals surface area contributed by atoms with Gasteiger partial charge in [0.2, 0.25) is 5.91 Å². The SMILES string of the molecule is CCC(CC)N(CCOC)C(=O)C1CC1c1ccc(F)cc1. The Morgan fingerprint density at radius 2 is 1.95 bits per heavy atom. The average molecular weight is 307 g/mol. The maximum Gasteiger partial charge on any atom is 0.226 e. The molecule has 0 heterocycles. The Hall–Kier alpha value is -1.42. The summed E-state index contributed by atoms with van der Waals surface area (Å²) in [5.74, 6) is 0.279. The summed E-state index contributed by atoms with van der Waals surface area (Å²) in [5.41, 5.74) is 1.07. The van der Waals surface area contributed by atoms with E-state index in [1.165, 1.54) is 12.1 Å². The van der Waals surface area contributed by atoms with Crippen molar-refractivity contribution in [2.24, 2.45) is 5.92 Å². The van der Waals surface area contributed by atoms with E-state index in [9.17, 15) is 9.18 Å². The first-order chi connectivity index (χ1) is 10.6. The van der Waals surface area contributed by atoms with Gasteiger partial charge in [-0.25, -0.2) is 4.39 Å². The fourth-order valence-electron chi connectivity index (χ4n) is 3.15. The molecule has 122 valence electrons. The van der Waals surface area contributed by atoms with Crippen LogP contribution in [0.1, 0.15) is 44.6 Å². The van der Waals surface area contributed by atoms with Crippen LogP contribution >= 0.6 is 0 Å². The van der Waals surface area contributed by atoms with Crippen LogP contribution in [0.25, 0.3) is 0 Å². The number of ether oxygens (including phenoxy) is 1. The van der Waals surface area contributed by atoms with Crippen molar-refractivity contribution in [3.05, 3.63) is 35.6 Å². The number of carbonyl (C=O) groups excluding carboxylic acids is 1. The van der Waals surface area contributed by atoms with E-state index in [4.69, 9.17) is 4.74 Å². The third-order valence-electron chi connectivity index (χ3n) is 4.61. The molecule has 0 bridgehead atoms. The van der Waals surface area contributed by atoms with Crippen LogP contribution in [-0.4, -0.2) is 37.1 Å². The van der Waals surface area contributed by atoms with Crippen LogP contribution in [0.3, 0.4) is 0 Å². The molecule has 1 aromatic carbocycles. The second-order valence-electron chi connectivity index (χ2n) is 5.99. The molecule has 2 unspecified atom stereocenters. The summed E-state index contributed by atoms with van der Waals surface area (Å²) in [7, 11) is 1.66. The molecule has 0 saturated heterocycles. The Kier molecular flexibility index (Phi) is 5.95. The zero-order valence-electron chi connectivity index (χ0n) is 13.7. The van der Waals surface area contributed by atoms with Crippen molar-refractivity contribution in [3.63, 3.8) is 0 Å². The van der Waals surface area contributed by atoms with E-state index in [2.05, 4.69) is 13.8 Å². The van der Waals surface area contributed by atoms with Crippen LogP contribution in [0.5, 0.6) is 0 Å². The fourth-order valence-corrected chi connectivity index (χ4v) is 3.15. The average Bonchev–Trinajstić information content (AvgIpc) is 3.32. The molecular formula is C18H26FNO2. The van der Waals surface area contributed by atoms with Crippen molar-refractivity contribution in [2.75, 3.05) is 20.3 Å². The number of nitrogens with zero attached hydrogens (tertiary/aromatic N) is 1. The van der Waals surface area contributed by atoms with Gasteiger partial charge in [0, 0.05) is 25.6 Å². The van der Waals surface area contributed by atoms with Gasteiger partial charge >= 0.3 is 0 Å². The fraction of sp³-hybridized carbons (Fsp3) is 0.611. The Balaban J connectivity index is 2.03. The molecule has 2 rings (SSSR count). The van der Waals surface area contributed by atoms with Gasteiger partial charge in [0.05, 0.1) is 6.61 Å². The van der Waals surface area contributed by atoms with Gasteiger partial charge in [-0.3, -0.25) is 4.79 Å². The summed E-state index contributed by atoms with van der Waals surface area (Å²) < 4.78 is 18.2. The molecule has 1 aliphatic rings. The molecule has 2 atom stereocenters. The van der Waals surface area contributed by atoms with Gasteiger partial charge in [-0.1, -0.05) is 26.0 Å². The lowest BCUT2D eigenvalue weighted by Crippen LogP contribution is -2.42. The summed E-state index contributed by atoms with van der Waals surface area (Å²) in [6.45, 7) is 5.45. The van der Waals surface area contributed by atoms with E-state index in [0.29, 0.717) is 13.2 Å². The number of halogens is 1. The summed E-state index contributed by atoms with van der Waals surface area (Å²) >= 11 is 0. The zero-order chi connectivity index (χ0) is 16.1. The molecule has 22 heavy (non-hydrogen) atoms. The molecule has 1 saturated carbocycles. The van der Waals surface area contributed by atoms with E-state index in [-0.39, 0.29) is 29.6 Å². The monoisotopic (exact) mass is 307 g/mol. The van der Waals surface area contributed by atoms with Crippen LogP contribution in [-0.2, 0) is 9.53 Å². The van der Waals surface area contributed by atoms with Crippen LogP contribution < -0.4 is 0 Å². The third-order valence-corrected chi connectivity index (χ3v) is 4.61. The lowest BCUT2D eigenvalue weighted by molar-refractivity contribution is -0.136. The van der Waals surface area contributed by atoms with Crippen molar-refractivity contribution in [3.8, 4) is 0 Å². The van der Waals surface area contributed by atoms with Crippen molar-refractivity contribution in [2.45, 2.75) is 45.1 Å². The van der Waals surface area contributed by atoms with Crippen LogP contribution in [0.15, 0.2) is 24.3 Å². The number of benzene rings is 1. The normalized spacial score (nSPS) is 20.2. The summed E-state index contributed by atoms with van der Waals surface area (Å²) in [6, 6.07) is 6.81. The predicted octanol–water partition coefficient (Wildman–Crippen LogP) is 3.59. The van der Waals surface area contributed by atoms with Crippen molar-refractivity contribution in [1.82, 2.24) is 4.90 Å². The Morgan fingerprint density at radius 3 is 2.50 bits per heavy atom. The largest absolute Gasteiger partial charge is 0.383 e. The molecule has 1 amide bonds. The van der Waals surface area contributed by atoms with Gasteiger partial charge in [0.25, 0.3) is 0 Å². The van der Waals surface area contributed by atoms with Crippen LogP contribution in [0, 0.1) is 11.7 Å². The quantitative estimate of drug-likeness (QED) is 0.734. The highest BCUT2D eigenvalue weighted by atomic mass is 19.1. The minimum absolute atomic E-state index is 0.0444. The Bertz CT molecular complexity index is 484. The molecule has 4 heteroatoms. The van der Waals surface area contributed by atoms with Gasteiger partial charge in [0.15, 0.2) is 0 Å². The maximum atomic E-state index is 13.0. The van der Waals surface area contributed by atoms with E-state index in [1.54, 1.807) is 19.2 Å². The first-order valence-corrected chi connectivity index (χ1v) is 8.17. The Morgan fingerprint density at radius 1 is 1.32 bits per heavy atom. The first-order valence-electron chi connectivity index (χ1n) is 8.17. The van der Waals surface area contributed by atoms with E-state index < -0.39 is 0 Å². The molecule has 0 aromatic heterocycles. The summed E-state index contributed by atoms with van der Waals surface area (Å²) in [5, 5.41) is 0. The lowest BCUT2D eigenvalue weighted by Gasteiger charge is -2.30. The molecule has 0 N–H and O–H groups in total. The molecule has 0 aliphatic heterocycles. The Labute approximate surface area is 132 Å². The van der Waals surface area contributed by atoms with Crippen molar-refractivity contribution >= 4 is 5.91 Å². The molecular weight excluding hydrogens is 281 g/mol. The minimum atomic E-state index is -0.231. The number of carbonyl (C=O) groups is 1. The maximum absolute atomic E-state index is 13.0. The summed E-state index contributed by atoms with van der Waals surface area (Å²) in [4.78, 5) is 14.8. The van der Waals surface area contributed by atoms with Crippen molar-refractivity contribution < 1.29 is 13.9 Å². The van der Waals surface area contributed by atoms with E-state index in [0.717, 1.165) is 24.8 Å². The standard InChI is InChI=1S/C18H26FNO2/c1-4-15(5-2)20(10-11-22-3)18(21)17-12-16(17)13-6-8-14(19)9-7-13/h6-9,15-17H,4-5,10-12H2,1-3H3. The molecule has 0 spiro atoms. The van der Waals surface area contributed by atoms with Gasteiger partial charge in [-0.15, -0.1) is 0 Å². The van der Waals surface area contributed by atoms with Crippen LogP contribution in [0.2, 0.25) is 0 Å². The minimum Gasteiger partial charge on any atom is -0.383 e. The second kappa shape index (κ2) is 7.73. The van der Waals surface area contributed by atoms with Crippen molar-refractivity contribution in [1.29, 1.82) is 0 Å². The smallest absolute Gasteiger partial charge is 0.226 e. The lowest BCUT2D eigenvalue weighted by atomic mass is 10.1. The second-order valence-corrected chi connectivity index (χ2v) is 5.99. The molecule has 3 nitrogen and oxygen atoms in total. The van der Waals surface area contributed by atoms with Gasteiger partial charge in [-0.2, -0.15) is 0 Å². The van der Waals surface area contributed by atoms with E-state index >= 15 is 0 Å². The molecule has 1 fully saturated rings. The number of hydrogen-bond acceptors (Lipinski definition) is 2. The molecule has 0 radical (unpaired) electrons. The predicted molar refractivity (Wildman–Crippen MR) is 85.2 cm³/mol. The first kappa shape index (κ1) is 16.9. The van der Waals surface area contributed by atoms with Gasteiger partial charge in [-0.05, 0) is 42.9 Å². The summed E-state index contributed by atoms with van der Waals surface area (Å²) in [6.07, 6.45) is 2.79. The highest BCUT2D eigenvalue weighted by Crippen LogP contribution is 2.48. The zero-order valence-corrected chi connectivity index (χ0v) is 13.7. The highest BCUT2D eigenvalue weighted by Gasteiger charge is 2.46. The van der Waals surface area contributed by atoms with E-state index in [1.807, 2.05) is 4.90 Å². The van der Waals surface area contributed by atoms with Crippen LogP contribution in [0.4, 0.5) is 4.39 Å². The van der Waals surface area contributed by atoms with Gasteiger partial charge in [0.1, 0.15) is 5.82 Å². The topological polar surface area (TPSA) is 29.5 Å². The number of amides is 1. The number of rotatable bonds is 8. The number of methoxy groups -OCH3 is 1. The third kappa shape index (κ3) is 3.86.